The zero-order chi connectivity index (χ0) is 24.2. The molecule has 2 amide bonds. The molecule has 34 heavy (non-hydrogen) atoms. The lowest BCUT2D eigenvalue weighted by Crippen LogP contribution is -2.59. The normalized spacial score (nSPS) is 19.8. The van der Waals surface area contributed by atoms with Crippen molar-refractivity contribution in [1.29, 1.82) is 0 Å². The molecule has 1 N–H and O–H groups in total. The van der Waals surface area contributed by atoms with E-state index >= 15 is 0 Å². The van der Waals surface area contributed by atoms with Gasteiger partial charge in [0.15, 0.2) is 0 Å². The number of likely N-dealkylation sites (tertiary alicyclic amines) is 1. The van der Waals surface area contributed by atoms with Crippen LogP contribution in [0.4, 0.5) is 10.2 Å². The number of aryl methyl sites for hydroxylation is 1. The van der Waals surface area contributed by atoms with E-state index in [0.29, 0.717) is 36.4 Å². The van der Waals surface area contributed by atoms with Gasteiger partial charge in [0.25, 0.3) is 11.8 Å². The van der Waals surface area contributed by atoms with Crippen LogP contribution in [-0.2, 0) is 0 Å². The molecule has 4 rings (SSSR count). The number of hydrogen-bond donors (Lipinski definition) is 1. The Morgan fingerprint density at radius 2 is 1.82 bits per heavy atom. The lowest BCUT2D eigenvalue weighted by Gasteiger charge is -2.47. The average Bonchev–Trinajstić information content (AvgIpc) is 2.88. The van der Waals surface area contributed by atoms with Crippen LogP contribution >= 0.6 is 0 Å². The number of anilines is 1. The van der Waals surface area contributed by atoms with Crippen LogP contribution in [0, 0.1) is 12.7 Å². The summed E-state index contributed by atoms with van der Waals surface area (Å²) in [6.07, 6.45) is 4.43. The molecule has 0 radical (unpaired) electrons. The summed E-state index contributed by atoms with van der Waals surface area (Å²) in [6.45, 7) is 8.16. The maximum absolute atomic E-state index is 13.2. The smallest absolute Gasteiger partial charge is 0.271 e. The van der Waals surface area contributed by atoms with Crippen LogP contribution in [0.5, 0.6) is 0 Å². The highest BCUT2D eigenvalue weighted by Crippen LogP contribution is 2.27. The number of aromatic nitrogens is 2. The molecule has 1 aromatic carbocycles. The molecule has 8 nitrogen and oxygen atoms in total. The van der Waals surface area contributed by atoms with Crippen LogP contribution in [-0.4, -0.2) is 83.4 Å². The minimum atomic E-state index is -0.330. The number of piperidine rings is 1. The summed E-state index contributed by atoms with van der Waals surface area (Å²) in [5.74, 6) is 0.251. The quantitative estimate of drug-likeness (QED) is 0.726. The van der Waals surface area contributed by atoms with Crippen molar-refractivity contribution in [2.75, 3.05) is 44.7 Å². The maximum atomic E-state index is 13.2. The Kier molecular flexibility index (Phi) is 7.41. The van der Waals surface area contributed by atoms with Crippen molar-refractivity contribution >= 4 is 17.6 Å². The van der Waals surface area contributed by atoms with Crippen molar-refractivity contribution in [3.63, 3.8) is 0 Å². The topological polar surface area (TPSA) is 81.7 Å². The van der Waals surface area contributed by atoms with Gasteiger partial charge in [0.2, 0.25) is 0 Å². The summed E-state index contributed by atoms with van der Waals surface area (Å²) >= 11 is 0. The molecule has 2 saturated heterocycles. The summed E-state index contributed by atoms with van der Waals surface area (Å²) in [7, 11) is 1.58. The number of hydrogen-bond acceptors (Lipinski definition) is 6. The SMILES string of the molecule is CC[C@H]1CN(c2ncc(C(=O)NC)nc2C)CCN1C1CCN(C(=O)c2ccc(F)cc2)CC1. The maximum Gasteiger partial charge on any atom is 0.271 e. The molecule has 0 spiro atoms. The molecule has 0 saturated carbocycles. The molecule has 2 aliphatic heterocycles. The molecule has 2 fully saturated rings. The van der Waals surface area contributed by atoms with Gasteiger partial charge in [0, 0.05) is 57.4 Å². The van der Waals surface area contributed by atoms with E-state index in [4.69, 9.17) is 0 Å². The van der Waals surface area contributed by atoms with E-state index in [-0.39, 0.29) is 17.6 Å². The first-order valence-corrected chi connectivity index (χ1v) is 12.0. The summed E-state index contributed by atoms with van der Waals surface area (Å²) in [5, 5.41) is 2.59. The van der Waals surface area contributed by atoms with Crippen LogP contribution in [0.15, 0.2) is 30.5 Å². The third-order valence-electron chi connectivity index (χ3n) is 6.99. The highest BCUT2D eigenvalue weighted by atomic mass is 19.1. The Hall–Kier alpha value is -3.07. The predicted molar refractivity (Wildman–Crippen MR) is 128 cm³/mol. The molecule has 2 aromatic rings. The van der Waals surface area contributed by atoms with Crippen molar-refractivity contribution in [2.45, 2.75) is 45.2 Å². The second kappa shape index (κ2) is 10.5. The standard InChI is InChI=1S/C25H33FN6O2/c1-4-20-16-31(23-17(2)29-22(15-28-23)24(33)27-3)13-14-32(20)21-9-11-30(12-10-21)25(34)18-5-7-19(26)8-6-18/h5-8,15,20-21H,4,9-14,16H2,1-3H3,(H,27,33)/t20-/m0/s1. The molecule has 182 valence electrons. The van der Waals surface area contributed by atoms with Crippen LogP contribution in [0.25, 0.3) is 0 Å². The molecule has 0 unspecified atom stereocenters. The average molecular weight is 469 g/mol. The zero-order valence-corrected chi connectivity index (χ0v) is 20.1. The number of benzene rings is 1. The van der Waals surface area contributed by atoms with E-state index in [0.717, 1.165) is 50.4 Å². The molecule has 9 heteroatoms. The number of nitrogens with zero attached hydrogens (tertiary/aromatic N) is 5. The van der Waals surface area contributed by atoms with Crippen LogP contribution in [0.3, 0.4) is 0 Å². The third kappa shape index (κ3) is 5.04. The van der Waals surface area contributed by atoms with Crippen molar-refractivity contribution < 1.29 is 14.0 Å². The number of piperazine rings is 1. The Balaban J connectivity index is 1.36. The van der Waals surface area contributed by atoms with E-state index in [1.165, 1.54) is 12.1 Å². The van der Waals surface area contributed by atoms with Gasteiger partial charge in [-0.1, -0.05) is 6.92 Å². The minimum absolute atomic E-state index is 0.0236. The summed E-state index contributed by atoms with van der Waals surface area (Å²) < 4.78 is 13.2. The summed E-state index contributed by atoms with van der Waals surface area (Å²) in [4.78, 5) is 40.4. The second-order valence-electron chi connectivity index (χ2n) is 9.02. The van der Waals surface area contributed by atoms with E-state index in [9.17, 15) is 14.0 Å². The van der Waals surface area contributed by atoms with Crippen LogP contribution in [0.1, 0.15) is 52.7 Å². The minimum Gasteiger partial charge on any atom is -0.354 e. The number of rotatable bonds is 5. The van der Waals surface area contributed by atoms with E-state index in [1.807, 2.05) is 11.8 Å². The predicted octanol–water partition coefficient (Wildman–Crippen LogP) is 2.49. The van der Waals surface area contributed by atoms with Crippen molar-refractivity contribution in [1.82, 2.24) is 25.1 Å². The van der Waals surface area contributed by atoms with E-state index < -0.39 is 0 Å². The second-order valence-corrected chi connectivity index (χ2v) is 9.02. The van der Waals surface area contributed by atoms with Crippen molar-refractivity contribution in [3.05, 3.63) is 53.2 Å². The van der Waals surface area contributed by atoms with Gasteiger partial charge >= 0.3 is 0 Å². The first-order valence-electron chi connectivity index (χ1n) is 12.0. The van der Waals surface area contributed by atoms with Crippen molar-refractivity contribution in [2.24, 2.45) is 0 Å². The van der Waals surface area contributed by atoms with E-state index in [1.54, 1.807) is 25.4 Å². The Labute approximate surface area is 200 Å². The highest BCUT2D eigenvalue weighted by molar-refractivity contribution is 5.94. The van der Waals surface area contributed by atoms with Gasteiger partial charge in [-0.3, -0.25) is 14.5 Å². The highest BCUT2D eigenvalue weighted by Gasteiger charge is 2.34. The number of nitrogens with one attached hydrogen (secondary N) is 1. The number of carbonyl (C=O) groups excluding carboxylic acids is 2. The summed E-state index contributed by atoms with van der Waals surface area (Å²) in [5.41, 5.74) is 1.63. The van der Waals surface area contributed by atoms with Gasteiger partial charge in [-0.2, -0.15) is 0 Å². The van der Waals surface area contributed by atoms with Crippen LogP contribution < -0.4 is 10.2 Å². The molecule has 3 heterocycles. The number of halogens is 1. The molecule has 0 aliphatic carbocycles. The Morgan fingerprint density at radius 3 is 2.44 bits per heavy atom. The third-order valence-corrected chi connectivity index (χ3v) is 6.99. The zero-order valence-electron chi connectivity index (χ0n) is 20.1. The summed E-state index contributed by atoms with van der Waals surface area (Å²) in [6, 6.07) is 6.61. The molecule has 2 aliphatic rings. The number of carbonyl (C=O) groups is 2. The Morgan fingerprint density at radius 1 is 1.12 bits per heavy atom. The largest absolute Gasteiger partial charge is 0.354 e. The lowest BCUT2D eigenvalue weighted by molar-refractivity contribution is 0.0490. The first kappa shape index (κ1) is 24.1. The van der Waals surface area contributed by atoms with E-state index in [2.05, 4.69) is 32.0 Å². The molecule has 1 aromatic heterocycles. The molecule has 1 atom stereocenters. The first-order chi connectivity index (χ1) is 16.4. The van der Waals surface area contributed by atoms with Gasteiger partial charge in [0.05, 0.1) is 11.9 Å². The van der Waals surface area contributed by atoms with Gasteiger partial charge < -0.3 is 15.1 Å². The van der Waals surface area contributed by atoms with Gasteiger partial charge in [-0.15, -0.1) is 0 Å². The monoisotopic (exact) mass is 468 g/mol. The van der Waals surface area contributed by atoms with Crippen molar-refractivity contribution in [3.8, 4) is 0 Å². The Bertz CT molecular complexity index is 1020. The molecular weight excluding hydrogens is 435 g/mol. The lowest BCUT2D eigenvalue weighted by atomic mass is 9.97. The molecule has 0 bridgehead atoms. The fourth-order valence-electron chi connectivity index (χ4n) is 5.10. The fourth-order valence-corrected chi connectivity index (χ4v) is 5.10. The number of amides is 2. The molecular formula is C25H33FN6O2. The van der Waals surface area contributed by atoms with Gasteiger partial charge in [-0.25, -0.2) is 14.4 Å². The van der Waals surface area contributed by atoms with Gasteiger partial charge in [0.1, 0.15) is 17.3 Å². The van der Waals surface area contributed by atoms with Gasteiger partial charge in [-0.05, 0) is 50.5 Å². The van der Waals surface area contributed by atoms with Crippen LogP contribution in [0.2, 0.25) is 0 Å². The fraction of sp³-hybridized carbons (Fsp3) is 0.520.